The monoisotopic (exact) mass is 462 g/mol. The molecule has 2 N–H and O–H groups in total. The number of carbonyl (C=O) groups excluding carboxylic acids is 2. The van der Waals surface area contributed by atoms with Gasteiger partial charge in [-0.15, -0.1) is 13.2 Å². The zero-order valence-corrected chi connectivity index (χ0v) is 17.9. The number of primary amides is 1. The molecule has 1 amide bonds. The highest BCUT2D eigenvalue weighted by molar-refractivity contribution is 5.97. The molecule has 0 unspecified atom stereocenters. The van der Waals surface area contributed by atoms with E-state index in [4.69, 9.17) is 10.5 Å². The first-order valence-corrected chi connectivity index (χ1v) is 11.0. The SMILES string of the molecule is NC(=O)OCc1ccc(C2CC2)c(C(=O)C2CCC(c3ccc(OC(F)(F)F)cc3)CC2)n1. The van der Waals surface area contributed by atoms with Gasteiger partial charge in [-0.3, -0.25) is 4.79 Å². The number of ether oxygens (including phenoxy) is 2. The molecule has 2 aliphatic carbocycles. The second-order valence-corrected chi connectivity index (χ2v) is 8.65. The summed E-state index contributed by atoms with van der Waals surface area (Å²) in [5.41, 5.74) is 7.86. The average Bonchev–Trinajstić information content (AvgIpc) is 3.62. The maximum absolute atomic E-state index is 13.3. The van der Waals surface area contributed by atoms with E-state index in [1.165, 1.54) is 12.1 Å². The van der Waals surface area contributed by atoms with Crippen molar-refractivity contribution in [3.8, 4) is 5.75 Å². The van der Waals surface area contributed by atoms with E-state index in [9.17, 15) is 22.8 Å². The normalized spacial score (nSPS) is 20.8. The highest BCUT2D eigenvalue weighted by Gasteiger charge is 2.34. The highest BCUT2D eigenvalue weighted by Crippen LogP contribution is 2.43. The van der Waals surface area contributed by atoms with Crippen LogP contribution in [0.2, 0.25) is 0 Å². The number of amides is 1. The fraction of sp³-hybridized carbons (Fsp3) is 0.458. The van der Waals surface area contributed by atoms with Gasteiger partial charge in [-0.05, 0) is 79.7 Å². The van der Waals surface area contributed by atoms with E-state index in [1.807, 2.05) is 6.07 Å². The van der Waals surface area contributed by atoms with E-state index in [1.54, 1.807) is 18.2 Å². The molecule has 0 atom stereocenters. The molecule has 0 bridgehead atoms. The molecule has 4 rings (SSSR count). The van der Waals surface area contributed by atoms with Crippen molar-refractivity contribution in [1.29, 1.82) is 0 Å². The van der Waals surface area contributed by atoms with Crippen molar-refractivity contribution in [3.05, 3.63) is 58.9 Å². The maximum atomic E-state index is 13.3. The van der Waals surface area contributed by atoms with Crippen LogP contribution >= 0.6 is 0 Å². The molecule has 176 valence electrons. The summed E-state index contributed by atoms with van der Waals surface area (Å²) in [4.78, 5) is 28.8. The molecule has 6 nitrogen and oxygen atoms in total. The Morgan fingerprint density at radius 2 is 1.58 bits per heavy atom. The number of hydrogen-bond donors (Lipinski definition) is 1. The molecule has 1 aromatic heterocycles. The number of ketones is 1. The van der Waals surface area contributed by atoms with E-state index in [0.29, 0.717) is 30.1 Å². The minimum atomic E-state index is -4.71. The lowest BCUT2D eigenvalue weighted by Crippen LogP contribution is -2.24. The molecule has 9 heteroatoms. The number of Topliss-reactive ketones (excluding diaryl/α,β-unsaturated/α-hetero) is 1. The van der Waals surface area contributed by atoms with E-state index in [0.717, 1.165) is 36.8 Å². The zero-order valence-electron chi connectivity index (χ0n) is 17.9. The first kappa shape index (κ1) is 23.1. The van der Waals surface area contributed by atoms with Crippen molar-refractivity contribution in [2.24, 2.45) is 11.7 Å². The molecular weight excluding hydrogens is 437 g/mol. The summed E-state index contributed by atoms with van der Waals surface area (Å²) in [7, 11) is 0. The summed E-state index contributed by atoms with van der Waals surface area (Å²) in [5.74, 6) is 0.127. The Labute approximate surface area is 189 Å². The summed E-state index contributed by atoms with van der Waals surface area (Å²) >= 11 is 0. The Morgan fingerprint density at radius 3 is 2.15 bits per heavy atom. The molecule has 2 fully saturated rings. The van der Waals surface area contributed by atoms with Crippen LogP contribution in [-0.4, -0.2) is 23.2 Å². The quantitative estimate of drug-likeness (QED) is 0.540. The summed E-state index contributed by atoms with van der Waals surface area (Å²) in [6, 6.07) is 9.62. The highest BCUT2D eigenvalue weighted by atomic mass is 19.4. The molecule has 2 aromatic rings. The van der Waals surface area contributed by atoms with Gasteiger partial charge in [-0.2, -0.15) is 0 Å². The van der Waals surface area contributed by atoms with E-state index >= 15 is 0 Å². The number of rotatable bonds is 7. The third-order valence-electron chi connectivity index (χ3n) is 6.28. The van der Waals surface area contributed by atoms with Crippen molar-refractivity contribution >= 4 is 11.9 Å². The first-order valence-electron chi connectivity index (χ1n) is 11.0. The molecule has 0 radical (unpaired) electrons. The summed E-state index contributed by atoms with van der Waals surface area (Å²) in [5, 5.41) is 0. The lowest BCUT2D eigenvalue weighted by atomic mass is 9.76. The number of carbonyl (C=O) groups is 2. The van der Waals surface area contributed by atoms with Crippen LogP contribution < -0.4 is 10.5 Å². The van der Waals surface area contributed by atoms with Crippen LogP contribution in [0.25, 0.3) is 0 Å². The largest absolute Gasteiger partial charge is 0.573 e. The third kappa shape index (κ3) is 6.03. The van der Waals surface area contributed by atoms with Crippen LogP contribution in [-0.2, 0) is 11.3 Å². The van der Waals surface area contributed by atoms with Crippen molar-refractivity contribution < 1.29 is 32.2 Å². The molecule has 0 spiro atoms. The van der Waals surface area contributed by atoms with Crippen LogP contribution in [0, 0.1) is 5.92 Å². The van der Waals surface area contributed by atoms with E-state index in [-0.39, 0.29) is 30.0 Å². The molecule has 0 saturated heterocycles. The number of aromatic nitrogens is 1. The van der Waals surface area contributed by atoms with Crippen molar-refractivity contribution in [2.75, 3.05) is 0 Å². The Bertz CT molecular complexity index is 1010. The number of nitrogens with zero attached hydrogens (tertiary/aromatic N) is 1. The number of halogens is 3. The predicted molar refractivity (Wildman–Crippen MR) is 113 cm³/mol. The van der Waals surface area contributed by atoms with Crippen LogP contribution in [0.3, 0.4) is 0 Å². The van der Waals surface area contributed by atoms with Gasteiger partial charge in [-0.25, -0.2) is 9.78 Å². The van der Waals surface area contributed by atoms with E-state index in [2.05, 4.69) is 9.72 Å². The predicted octanol–water partition coefficient (Wildman–Crippen LogP) is 5.61. The smallest absolute Gasteiger partial charge is 0.443 e. The fourth-order valence-electron chi connectivity index (χ4n) is 4.48. The molecular formula is C24H25F3N2O4. The average molecular weight is 462 g/mol. The van der Waals surface area contributed by atoms with Gasteiger partial charge in [0.05, 0.1) is 5.69 Å². The van der Waals surface area contributed by atoms with Gasteiger partial charge in [0.1, 0.15) is 18.1 Å². The summed E-state index contributed by atoms with van der Waals surface area (Å²) in [6.45, 7) is -0.0820. The summed E-state index contributed by atoms with van der Waals surface area (Å²) < 4.78 is 45.8. The molecule has 1 heterocycles. The molecule has 33 heavy (non-hydrogen) atoms. The topological polar surface area (TPSA) is 91.5 Å². The number of nitrogens with two attached hydrogens (primary N) is 1. The van der Waals surface area contributed by atoms with Gasteiger partial charge in [0.25, 0.3) is 0 Å². The van der Waals surface area contributed by atoms with E-state index < -0.39 is 12.5 Å². The standard InChI is InChI=1S/C24H25F3N2O4/c25-24(26,27)33-19-10-7-15(8-11-19)14-1-5-17(6-2-14)22(30)21-20(16-3-4-16)12-9-18(29-21)13-32-23(28)31/h7-12,14,16-17H,1-6,13H2,(H2,28,31). The van der Waals surface area contributed by atoms with Gasteiger partial charge in [0.2, 0.25) is 0 Å². The van der Waals surface area contributed by atoms with Crippen molar-refractivity contribution in [3.63, 3.8) is 0 Å². The van der Waals surface area contributed by atoms with Gasteiger partial charge in [0, 0.05) is 5.92 Å². The van der Waals surface area contributed by atoms with Gasteiger partial charge < -0.3 is 15.2 Å². The van der Waals surface area contributed by atoms with Crippen LogP contribution in [0.4, 0.5) is 18.0 Å². The van der Waals surface area contributed by atoms with Crippen LogP contribution in [0.5, 0.6) is 5.75 Å². The molecule has 1 aromatic carbocycles. The second kappa shape index (κ2) is 9.41. The van der Waals surface area contributed by atoms with Crippen LogP contribution in [0.15, 0.2) is 36.4 Å². The zero-order chi connectivity index (χ0) is 23.6. The molecule has 0 aliphatic heterocycles. The lowest BCUT2D eigenvalue weighted by molar-refractivity contribution is -0.274. The molecule has 2 aliphatic rings. The Morgan fingerprint density at radius 1 is 0.939 bits per heavy atom. The fourth-order valence-corrected chi connectivity index (χ4v) is 4.48. The minimum absolute atomic E-state index is 0.00481. The Balaban J connectivity index is 1.41. The van der Waals surface area contributed by atoms with Gasteiger partial charge in [-0.1, -0.05) is 18.2 Å². The number of hydrogen-bond acceptors (Lipinski definition) is 5. The van der Waals surface area contributed by atoms with Crippen molar-refractivity contribution in [2.45, 2.75) is 63.3 Å². The number of alkyl halides is 3. The maximum Gasteiger partial charge on any atom is 0.573 e. The summed E-state index contributed by atoms with van der Waals surface area (Å²) in [6.07, 6.45) is -0.669. The first-order chi connectivity index (χ1) is 15.7. The van der Waals surface area contributed by atoms with Gasteiger partial charge in [0.15, 0.2) is 5.78 Å². The van der Waals surface area contributed by atoms with Gasteiger partial charge >= 0.3 is 12.5 Å². The number of benzene rings is 1. The second-order valence-electron chi connectivity index (χ2n) is 8.65. The Kier molecular flexibility index (Phi) is 6.58. The third-order valence-corrected chi connectivity index (χ3v) is 6.28. The Hall–Kier alpha value is -3.10. The molecule has 2 saturated carbocycles. The van der Waals surface area contributed by atoms with Crippen molar-refractivity contribution in [1.82, 2.24) is 4.98 Å². The number of pyridine rings is 1. The minimum Gasteiger partial charge on any atom is -0.443 e. The lowest BCUT2D eigenvalue weighted by Gasteiger charge is -2.28. The van der Waals surface area contributed by atoms with Crippen LogP contribution in [0.1, 0.15) is 77.7 Å².